The van der Waals surface area contributed by atoms with Crippen LogP contribution in [-0.4, -0.2) is 18.0 Å². The van der Waals surface area contributed by atoms with E-state index < -0.39 is 0 Å². The lowest BCUT2D eigenvalue weighted by Gasteiger charge is -2.10. The van der Waals surface area contributed by atoms with Gasteiger partial charge in [-0.25, -0.2) is 4.98 Å². The zero-order valence-electron chi connectivity index (χ0n) is 13.8. The van der Waals surface area contributed by atoms with Crippen molar-refractivity contribution in [1.29, 1.82) is 0 Å². The van der Waals surface area contributed by atoms with Gasteiger partial charge in [-0.3, -0.25) is 4.79 Å². The number of nitrogens with zero attached hydrogens (tertiary/aromatic N) is 1. The number of carbonyl (C=O) groups is 1. The summed E-state index contributed by atoms with van der Waals surface area (Å²) in [6.07, 6.45) is 1.67. The van der Waals surface area contributed by atoms with Crippen molar-refractivity contribution >= 4 is 5.91 Å². The summed E-state index contributed by atoms with van der Waals surface area (Å²) in [4.78, 5) is 16.5. The average molecular weight is 334 g/mol. The van der Waals surface area contributed by atoms with Gasteiger partial charge in [-0.05, 0) is 35.9 Å². The molecule has 0 aliphatic carbocycles. The predicted octanol–water partition coefficient (Wildman–Crippen LogP) is 3.81. The van der Waals surface area contributed by atoms with Crippen molar-refractivity contribution in [2.75, 3.05) is 7.11 Å². The van der Waals surface area contributed by atoms with Gasteiger partial charge in [-0.2, -0.15) is 0 Å². The molecule has 0 aliphatic heterocycles. The van der Waals surface area contributed by atoms with E-state index in [2.05, 4.69) is 10.3 Å². The maximum atomic E-state index is 12.3. The number of aromatic nitrogens is 1. The van der Waals surface area contributed by atoms with Crippen LogP contribution in [0.25, 0.3) is 0 Å². The molecule has 5 nitrogen and oxygen atoms in total. The first kappa shape index (κ1) is 16.5. The van der Waals surface area contributed by atoms with Crippen LogP contribution in [-0.2, 0) is 6.54 Å². The first-order valence-electron chi connectivity index (χ1n) is 7.85. The summed E-state index contributed by atoms with van der Waals surface area (Å²) in [7, 11) is 1.55. The van der Waals surface area contributed by atoms with Crippen LogP contribution in [0.15, 0.2) is 72.9 Å². The number of carbonyl (C=O) groups excluding carboxylic acids is 1. The molecular weight excluding hydrogens is 316 g/mol. The van der Waals surface area contributed by atoms with E-state index >= 15 is 0 Å². The molecule has 0 aliphatic rings. The van der Waals surface area contributed by atoms with Crippen LogP contribution in [0.2, 0.25) is 0 Å². The smallest absolute Gasteiger partial charge is 0.255 e. The fraction of sp³-hybridized carbons (Fsp3) is 0.100. The van der Waals surface area contributed by atoms with E-state index in [-0.39, 0.29) is 5.91 Å². The van der Waals surface area contributed by atoms with Crippen LogP contribution < -0.4 is 14.8 Å². The number of ether oxygens (including phenoxy) is 2. The molecule has 0 saturated carbocycles. The third kappa shape index (κ3) is 4.35. The third-order valence-electron chi connectivity index (χ3n) is 3.56. The molecule has 25 heavy (non-hydrogen) atoms. The lowest BCUT2D eigenvalue weighted by molar-refractivity contribution is 0.0948. The average Bonchev–Trinajstić information content (AvgIpc) is 2.67. The second kappa shape index (κ2) is 7.97. The number of hydrogen-bond donors (Lipinski definition) is 1. The molecule has 1 heterocycles. The monoisotopic (exact) mass is 334 g/mol. The van der Waals surface area contributed by atoms with E-state index in [4.69, 9.17) is 9.47 Å². The number of methoxy groups -OCH3 is 1. The summed E-state index contributed by atoms with van der Waals surface area (Å²) < 4.78 is 10.9. The van der Waals surface area contributed by atoms with Crippen molar-refractivity contribution in [3.05, 3.63) is 84.1 Å². The summed E-state index contributed by atoms with van der Waals surface area (Å²) in [6, 6.07) is 20.1. The van der Waals surface area contributed by atoms with Gasteiger partial charge in [-0.15, -0.1) is 0 Å². The van der Waals surface area contributed by atoms with Crippen LogP contribution in [0.3, 0.4) is 0 Å². The summed E-state index contributed by atoms with van der Waals surface area (Å²) in [5.41, 5.74) is 1.43. The Balaban J connectivity index is 1.65. The van der Waals surface area contributed by atoms with Gasteiger partial charge in [0.25, 0.3) is 5.91 Å². The van der Waals surface area contributed by atoms with Crippen LogP contribution in [0.4, 0.5) is 0 Å². The standard InChI is InChI=1S/C20H18N2O3/c1-24-18-10-3-2-9-17(18)20(23)22-14-15-7-6-8-16(13-15)25-19-11-4-5-12-21-19/h2-13H,14H2,1H3,(H,22,23). The molecule has 5 heteroatoms. The van der Waals surface area contributed by atoms with E-state index in [0.717, 1.165) is 5.56 Å². The Morgan fingerprint density at radius 3 is 2.68 bits per heavy atom. The zero-order valence-corrected chi connectivity index (χ0v) is 13.8. The quantitative estimate of drug-likeness (QED) is 0.744. The molecule has 0 bridgehead atoms. The number of para-hydroxylation sites is 1. The molecule has 0 saturated heterocycles. The van der Waals surface area contributed by atoms with Gasteiger partial charge in [0.15, 0.2) is 0 Å². The topological polar surface area (TPSA) is 60.5 Å². The Labute approximate surface area is 146 Å². The molecule has 3 aromatic rings. The van der Waals surface area contributed by atoms with Gasteiger partial charge in [0, 0.05) is 18.8 Å². The van der Waals surface area contributed by atoms with Crippen LogP contribution in [0.1, 0.15) is 15.9 Å². The fourth-order valence-electron chi connectivity index (χ4n) is 2.36. The minimum absolute atomic E-state index is 0.187. The summed E-state index contributed by atoms with van der Waals surface area (Å²) >= 11 is 0. The van der Waals surface area contributed by atoms with E-state index in [0.29, 0.717) is 29.5 Å². The maximum absolute atomic E-state index is 12.3. The van der Waals surface area contributed by atoms with Crippen LogP contribution in [0.5, 0.6) is 17.4 Å². The number of pyridine rings is 1. The number of amides is 1. The van der Waals surface area contributed by atoms with Gasteiger partial charge in [0.05, 0.1) is 12.7 Å². The Morgan fingerprint density at radius 2 is 1.88 bits per heavy atom. The highest BCUT2D eigenvalue weighted by Crippen LogP contribution is 2.20. The predicted molar refractivity (Wildman–Crippen MR) is 94.9 cm³/mol. The second-order valence-corrected chi connectivity index (χ2v) is 5.30. The minimum Gasteiger partial charge on any atom is -0.496 e. The molecule has 3 rings (SSSR count). The normalized spacial score (nSPS) is 10.1. The van der Waals surface area contributed by atoms with E-state index in [1.165, 1.54) is 0 Å². The molecular formula is C20H18N2O3. The van der Waals surface area contributed by atoms with Crippen molar-refractivity contribution in [3.8, 4) is 17.4 Å². The van der Waals surface area contributed by atoms with Crippen LogP contribution in [0, 0.1) is 0 Å². The number of benzene rings is 2. The van der Waals surface area contributed by atoms with Gasteiger partial charge in [0.1, 0.15) is 11.5 Å². The second-order valence-electron chi connectivity index (χ2n) is 5.30. The van der Waals surface area contributed by atoms with Gasteiger partial charge < -0.3 is 14.8 Å². The SMILES string of the molecule is COc1ccccc1C(=O)NCc1cccc(Oc2ccccn2)c1. The van der Waals surface area contributed by atoms with Crippen molar-refractivity contribution in [2.24, 2.45) is 0 Å². The number of nitrogens with one attached hydrogen (secondary N) is 1. The number of hydrogen-bond acceptors (Lipinski definition) is 4. The van der Waals surface area contributed by atoms with E-state index in [9.17, 15) is 4.79 Å². The Morgan fingerprint density at radius 1 is 1.04 bits per heavy atom. The molecule has 0 radical (unpaired) electrons. The first-order chi connectivity index (χ1) is 12.3. The third-order valence-corrected chi connectivity index (χ3v) is 3.56. The minimum atomic E-state index is -0.187. The molecule has 1 aromatic heterocycles. The van der Waals surface area contributed by atoms with Crippen molar-refractivity contribution < 1.29 is 14.3 Å². The largest absolute Gasteiger partial charge is 0.496 e. The highest BCUT2D eigenvalue weighted by molar-refractivity contribution is 5.96. The highest BCUT2D eigenvalue weighted by atomic mass is 16.5. The van der Waals surface area contributed by atoms with Crippen molar-refractivity contribution in [2.45, 2.75) is 6.54 Å². The van der Waals surface area contributed by atoms with Gasteiger partial charge in [-0.1, -0.05) is 30.3 Å². The summed E-state index contributed by atoms with van der Waals surface area (Å²) in [6.45, 7) is 0.385. The lowest BCUT2D eigenvalue weighted by Crippen LogP contribution is -2.23. The Bertz CT molecular complexity index is 850. The van der Waals surface area contributed by atoms with Crippen molar-refractivity contribution in [1.82, 2.24) is 10.3 Å². The Hall–Kier alpha value is -3.34. The lowest BCUT2D eigenvalue weighted by atomic mass is 10.1. The molecule has 1 N–H and O–H groups in total. The van der Waals surface area contributed by atoms with Crippen LogP contribution >= 0.6 is 0 Å². The van der Waals surface area contributed by atoms with Crippen molar-refractivity contribution in [3.63, 3.8) is 0 Å². The van der Waals surface area contributed by atoms with E-state index in [1.54, 1.807) is 37.6 Å². The first-order valence-corrected chi connectivity index (χ1v) is 7.85. The van der Waals surface area contributed by atoms with E-state index in [1.807, 2.05) is 42.5 Å². The molecule has 1 amide bonds. The summed E-state index contributed by atoms with van der Waals surface area (Å²) in [5.74, 6) is 1.56. The fourth-order valence-corrected chi connectivity index (χ4v) is 2.36. The molecule has 0 unspecified atom stereocenters. The molecule has 2 aromatic carbocycles. The summed E-state index contributed by atoms with van der Waals surface area (Å²) in [5, 5.41) is 2.89. The van der Waals surface area contributed by atoms with Gasteiger partial charge in [0.2, 0.25) is 5.88 Å². The maximum Gasteiger partial charge on any atom is 0.255 e. The molecule has 0 spiro atoms. The highest BCUT2D eigenvalue weighted by Gasteiger charge is 2.11. The zero-order chi connectivity index (χ0) is 17.5. The molecule has 126 valence electrons. The molecule has 0 fully saturated rings. The number of rotatable bonds is 6. The van der Waals surface area contributed by atoms with Gasteiger partial charge >= 0.3 is 0 Å². The Kier molecular flexibility index (Phi) is 5.26. The molecule has 0 atom stereocenters.